The molecule has 6 nitrogen and oxygen atoms in total. The van der Waals surface area contributed by atoms with E-state index in [0.29, 0.717) is 23.3 Å². The fourth-order valence-corrected chi connectivity index (χ4v) is 9.34. The summed E-state index contributed by atoms with van der Waals surface area (Å²) in [5, 5.41) is 0. The lowest BCUT2D eigenvalue weighted by Crippen LogP contribution is -2.65. The van der Waals surface area contributed by atoms with Crippen LogP contribution in [-0.2, 0) is 0 Å². The summed E-state index contributed by atoms with van der Waals surface area (Å²) >= 11 is 0. The molecule has 3 aliphatic carbocycles. The van der Waals surface area contributed by atoms with E-state index in [0.717, 1.165) is 85.5 Å². The zero-order valence-corrected chi connectivity index (χ0v) is 30.1. The van der Waals surface area contributed by atoms with Crippen molar-refractivity contribution in [2.45, 2.75) is 18.8 Å². The Morgan fingerprint density at radius 1 is 0.382 bits per heavy atom. The molecule has 3 fully saturated rings. The van der Waals surface area contributed by atoms with Crippen LogP contribution in [0.2, 0.25) is 0 Å². The Morgan fingerprint density at radius 3 is 1.45 bits per heavy atom. The molecular weight excluding hydrogens is 673 g/mol. The Hall–Kier alpha value is -6.66. The largest absolute Gasteiger partial charge is 0.264 e. The number of aromatic nitrogens is 6. The van der Waals surface area contributed by atoms with Crippen LogP contribution in [0.5, 0.6) is 0 Å². The van der Waals surface area contributed by atoms with Gasteiger partial charge < -0.3 is 0 Å². The summed E-state index contributed by atoms with van der Waals surface area (Å²) in [5.41, 5.74) is 11.1. The van der Waals surface area contributed by atoms with E-state index in [2.05, 4.69) is 96.0 Å². The van der Waals surface area contributed by atoms with Gasteiger partial charge in [0.1, 0.15) is 0 Å². The molecule has 11 rings (SSSR count). The van der Waals surface area contributed by atoms with E-state index in [1.807, 2.05) is 66.9 Å². The molecule has 0 radical (unpaired) electrons. The highest BCUT2D eigenvalue weighted by atomic mass is 15.0. The summed E-state index contributed by atoms with van der Waals surface area (Å²) in [5.74, 6) is 7.13. The minimum absolute atomic E-state index is 0.608. The second-order valence-electron chi connectivity index (χ2n) is 15.2. The maximum atomic E-state index is 5.15. The summed E-state index contributed by atoms with van der Waals surface area (Å²) in [4.78, 5) is 29.7. The normalized spacial score (nSPS) is 20.4. The summed E-state index contributed by atoms with van der Waals surface area (Å²) in [7, 11) is 0. The van der Waals surface area contributed by atoms with Crippen molar-refractivity contribution in [1.82, 2.24) is 29.9 Å². The van der Waals surface area contributed by atoms with E-state index >= 15 is 0 Å². The first-order valence-corrected chi connectivity index (χ1v) is 19.2. The van der Waals surface area contributed by atoms with Gasteiger partial charge in [0.2, 0.25) is 0 Å². The second kappa shape index (κ2) is 13.0. The molecule has 3 saturated carbocycles. The van der Waals surface area contributed by atoms with Crippen LogP contribution >= 0.6 is 0 Å². The predicted molar refractivity (Wildman–Crippen MR) is 217 cm³/mol. The summed E-state index contributed by atoms with van der Waals surface area (Å²) in [6.07, 6.45) is 6.52. The van der Waals surface area contributed by atoms with E-state index in [9.17, 15) is 0 Å². The van der Waals surface area contributed by atoms with Gasteiger partial charge in [-0.2, -0.15) is 0 Å². The number of rotatable bonds is 8. The summed E-state index contributed by atoms with van der Waals surface area (Å²) < 4.78 is 0. The summed E-state index contributed by atoms with van der Waals surface area (Å²) in [6.45, 7) is 0. The highest BCUT2D eigenvalue weighted by Gasteiger charge is 2.67. The van der Waals surface area contributed by atoms with Gasteiger partial charge in [-0.15, -0.1) is 0 Å². The maximum Gasteiger partial charge on any atom is 0.164 e. The first-order chi connectivity index (χ1) is 27.2. The van der Waals surface area contributed by atoms with E-state index in [1.165, 1.54) is 18.4 Å². The van der Waals surface area contributed by atoms with Crippen molar-refractivity contribution in [3.8, 4) is 79.2 Å². The highest BCUT2D eigenvalue weighted by molar-refractivity contribution is 5.76. The van der Waals surface area contributed by atoms with Crippen LogP contribution in [0.1, 0.15) is 24.3 Å². The Kier molecular flexibility index (Phi) is 7.54. The lowest BCUT2D eigenvalue weighted by atomic mass is 9.31. The van der Waals surface area contributed by atoms with Crippen LogP contribution in [0.25, 0.3) is 79.2 Å². The van der Waals surface area contributed by atoms with E-state index < -0.39 is 0 Å². The quantitative estimate of drug-likeness (QED) is 0.156. The second-order valence-corrected chi connectivity index (χ2v) is 15.2. The van der Waals surface area contributed by atoms with Gasteiger partial charge in [0, 0.05) is 45.8 Å². The van der Waals surface area contributed by atoms with Crippen molar-refractivity contribution in [1.29, 1.82) is 0 Å². The topological polar surface area (TPSA) is 77.3 Å². The minimum Gasteiger partial charge on any atom is -0.264 e. The molecule has 55 heavy (non-hydrogen) atoms. The first kappa shape index (κ1) is 31.8. The molecule has 0 N–H and O–H groups in total. The predicted octanol–water partition coefficient (Wildman–Crippen LogP) is 11.1. The molecule has 8 aromatic rings. The van der Waals surface area contributed by atoms with Gasteiger partial charge in [0.25, 0.3) is 0 Å². The Bertz CT molecular complexity index is 2650. The third-order valence-corrected chi connectivity index (χ3v) is 12.2. The van der Waals surface area contributed by atoms with Gasteiger partial charge in [0.15, 0.2) is 23.3 Å². The Morgan fingerprint density at radius 2 is 0.873 bits per heavy atom. The fourth-order valence-electron chi connectivity index (χ4n) is 9.34. The Balaban J connectivity index is 0.977. The van der Waals surface area contributed by atoms with Crippen molar-refractivity contribution in [2.75, 3.05) is 0 Å². The molecule has 6 heteroatoms. The molecule has 0 bridgehead atoms. The van der Waals surface area contributed by atoms with Crippen LogP contribution in [0.15, 0.2) is 164 Å². The molecule has 0 aliphatic heterocycles. The smallest absolute Gasteiger partial charge is 0.164 e. The maximum absolute atomic E-state index is 5.15. The number of pyridine rings is 1. The van der Waals surface area contributed by atoms with E-state index in [1.54, 1.807) is 6.20 Å². The van der Waals surface area contributed by atoms with Crippen molar-refractivity contribution < 1.29 is 0 Å². The number of benzene rings is 5. The average molecular weight is 709 g/mol. The molecular formula is C49H36N6. The van der Waals surface area contributed by atoms with Gasteiger partial charge in [-0.1, -0.05) is 133 Å². The monoisotopic (exact) mass is 708 g/mol. The standard InChI is InChI=1S/C49H36N6/c1-3-9-31(10-4-1)42-28-43(32-18-16-30(17-19-32)38-15-8-24-50-29-38)52-48(51-42)36-13-7-14-37(25-36)49-54-46(34-11-5-2-6-12-34)53-47(55-49)35-22-20-33(21-23-35)44-40-26-39-27-41(44)45(39)40/h1-25,28-29,39-41,44-45H,26-27H2. The van der Waals surface area contributed by atoms with Gasteiger partial charge in [-0.25, -0.2) is 24.9 Å². The zero-order valence-electron chi connectivity index (χ0n) is 30.1. The molecule has 0 amide bonds. The average Bonchev–Trinajstić information content (AvgIpc) is 3.27. The van der Waals surface area contributed by atoms with Crippen molar-refractivity contribution in [3.63, 3.8) is 0 Å². The van der Waals surface area contributed by atoms with Crippen LogP contribution < -0.4 is 0 Å². The van der Waals surface area contributed by atoms with Crippen molar-refractivity contribution in [3.05, 3.63) is 170 Å². The SMILES string of the molecule is c1ccc(-c2cc(-c3ccc(-c4cccnc4)cc3)nc(-c3cccc(-c4nc(-c5ccccc5)nc(-c5ccc(C6C7CC8CC6C87)cc5)n4)c3)n2)cc1. The van der Waals surface area contributed by atoms with E-state index in [4.69, 9.17) is 24.9 Å². The van der Waals surface area contributed by atoms with Gasteiger partial charge in [-0.05, 0) is 77.3 Å². The lowest BCUT2D eigenvalue weighted by Gasteiger charge is -2.73. The number of nitrogens with zero attached hydrogens (tertiary/aromatic N) is 6. The molecule has 3 heterocycles. The molecule has 0 spiro atoms. The van der Waals surface area contributed by atoms with Crippen LogP contribution in [0.3, 0.4) is 0 Å². The molecule has 3 aliphatic rings. The van der Waals surface area contributed by atoms with Crippen LogP contribution in [-0.4, -0.2) is 29.9 Å². The summed E-state index contributed by atoms with van der Waals surface area (Å²) in [6, 6.07) is 52.2. The molecule has 3 aromatic heterocycles. The van der Waals surface area contributed by atoms with Crippen LogP contribution in [0, 0.1) is 23.7 Å². The third kappa shape index (κ3) is 5.64. The molecule has 0 saturated heterocycles. The van der Waals surface area contributed by atoms with Crippen molar-refractivity contribution in [2.24, 2.45) is 23.7 Å². The highest BCUT2D eigenvalue weighted by Crippen LogP contribution is 2.75. The minimum atomic E-state index is 0.608. The van der Waals surface area contributed by atoms with Gasteiger partial charge in [-0.3, -0.25) is 4.98 Å². The van der Waals surface area contributed by atoms with Gasteiger partial charge in [0.05, 0.1) is 11.4 Å². The lowest BCUT2D eigenvalue weighted by molar-refractivity contribution is -0.214. The fraction of sp³-hybridized carbons (Fsp3) is 0.143. The number of hydrogen-bond acceptors (Lipinski definition) is 6. The first-order valence-electron chi connectivity index (χ1n) is 19.2. The third-order valence-electron chi connectivity index (χ3n) is 12.2. The van der Waals surface area contributed by atoms with E-state index in [-0.39, 0.29) is 0 Å². The van der Waals surface area contributed by atoms with Gasteiger partial charge >= 0.3 is 0 Å². The molecule has 5 aromatic carbocycles. The molecule has 2 atom stereocenters. The molecule has 262 valence electrons. The van der Waals surface area contributed by atoms with Crippen molar-refractivity contribution >= 4 is 0 Å². The Labute approximate surface area is 320 Å². The van der Waals surface area contributed by atoms with Crippen LogP contribution in [0.4, 0.5) is 0 Å². The number of hydrogen-bond donors (Lipinski definition) is 0. The zero-order chi connectivity index (χ0) is 36.3. The molecule has 2 unspecified atom stereocenters.